The van der Waals surface area contributed by atoms with Crippen molar-refractivity contribution in [1.82, 2.24) is 35.4 Å². The lowest BCUT2D eigenvalue weighted by atomic mass is 10.0. The Morgan fingerprint density at radius 2 is 0.890 bits per heavy atom. The Hall–Kier alpha value is -4.81. The number of rotatable bonds is 49. The maximum absolute atomic E-state index is 12.5. The number of primary amides is 1. The van der Waals surface area contributed by atoms with Gasteiger partial charge < -0.3 is 77.0 Å². The number of nitrogens with one attached hydrogen (secondary N) is 7. The summed E-state index contributed by atoms with van der Waals surface area (Å²) in [5, 5.41) is 52.4. The summed E-state index contributed by atoms with van der Waals surface area (Å²) in [4.78, 5) is 119. The zero-order chi connectivity index (χ0) is 54.7. The van der Waals surface area contributed by atoms with Gasteiger partial charge in [-0.3, -0.25) is 38.4 Å². The molecule has 0 radical (unpaired) electrons. The molecule has 26 nitrogen and oxygen atoms in total. The van der Waals surface area contributed by atoms with Gasteiger partial charge in [0.2, 0.25) is 41.4 Å². The first-order valence-corrected chi connectivity index (χ1v) is 26.0. The number of aliphatic carboxylic acids is 3. The van der Waals surface area contributed by atoms with E-state index in [4.69, 9.17) is 29.8 Å². The fourth-order valence-electron chi connectivity index (χ4n) is 6.68. The zero-order valence-corrected chi connectivity index (χ0v) is 44.2. The van der Waals surface area contributed by atoms with E-state index >= 15 is 0 Å². The smallest absolute Gasteiger partial charge is 0.326 e. The van der Waals surface area contributed by atoms with E-state index in [1.54, 1.807) is 0 Å². The van der Waals surface area contributed by atoms with Gasteiger partial charge in [-0.2, -0.15) is 0 Å². The molecule has 420 valence electrons. The highest BCUT2D eigenvalue weighted by Gasteiger charge is 2.27. The Bertz CT molecular complexity index is 1650. The zero-order valence-electron chi connectivity index (χ0n) is 42.1. The van der Waals surface area contributed by atoms with Crippen molar-refractivity contribution >= 4 is 82.1 Å². The average Bonchev–Trinajstić information content (AvgIpc) is 3.33. The number of unbranched alkanes of at least 4 members (excludes halogenated alkanes) is 10. The van der Waals surface area contributed by atoms with E-state index < -0.39 is 77.7 Å². The van der Waals surface area contributed by atoms with Crippen LogP contribution in [0.25, 0.3) is 0 Å². The van der Waals surface area contributed by atoms with Crippen LogP contribution in [-0.2, 0) is 66.9 Å². The fraction of sp³-hybridized carbons (Fsp3) is 0.783. The van der Waals surface area contributed by atoms with Crippen LogP contribution in [0.15, 0.2) is 0 Å². The van der Waals surface area contributed by atoms with E-state index in [-0.39, 0.29) is 116 Å². The third kappa shape index (κ3) is 40.3. The van der Waals surface area contributed by atoms with Gasteiger partial charge in [-0.05, 0) is 51.9 Å². The summed E-state index contributed by atoms with van der Waals surface area (Å²) in [6.45, 7) is 2.45. The highest BCUT2D eigenvalue weighted by molar-refractivity contribution is 14.1. The van der Waals surface area contributed by atoms with Crippen molar-refractivity contribution in [2.45, 2.75) is 159 Å². The number of hydrogen-bond donors (Lipinski definition) is 12. The van der Waals surface area contributed by atoms with Crippen LogP contribution in [0, 0.1) is 0 Å². The molecule has 0 aliphatic rings. The number of carbonyl (C=O) groups is 10. The molecule has 5 atom stereocenters. The summed E-state index contributed by atoms with van der Waals surface area (Å²) in [5.41, 5.74) is 5.21. The van der Waals surface area contributed by atoms with Crippen molar-refractivity contribution in [3.8, 4) is 0 Å². The molecule has 0 spiro atoms. The fourth-order valence-corrected chi connectivity index (χ4v) is 7.27. The van der Waals surface area contributed by atoms with E-state index in [2.05, 4.69) is 35.4 Å². The van der Waals surface area contributed by atoms with Crippen LogP contribution in [-0.4, -0.2) is 182 Å². The van der Waals surface area contributed by atoms with Gasteiger partial charge in [0.25, 0.3) is 0 Å². The lowest BCUT2D eigenvalue weighted by Crippen LogP contribution is -2.54. The maximum Gasteiger partial charge on any atom is 0.326 e. The van der Waals surface area contributed by atoms with Gasteiger partial charge in [-0.15, -0.1) is 0 Å². The molecule has 7 amide bonds. The van der Waals surface area contributed by atoms with Crippen molar-refractivity contribution in [3.63, 3.8) is 0 Å². The minimum atomic E-state index is -1.41. The molecule has 27 heteroatoms. The molecule has 0 fully saturated rings. The van der Waals surface area contributed by atoms with E-state index in [9.17, 15) is 63.3 Å². The third-order valence-electron chi connectivity index (χ3n) is 10.8. The van der Waals surface area contributed by atoms with Crippen LogP contribution in [0.1, 0.15) is 129 Å². The first-order valence-electron chi connectivity index (χ1n) is 24.9. The number of hydrogen-bond acceptors (Lipinski definition) is 16. The highest BCUT2D eigenvalue weighted by Crippen LogP contribution is 2.13. The van der Waals surface area contributed by atoms with Crippen molar-refractivity contribution in [2.24, 2.45) is 5.73 Å². The number of halogens is 1. The quantitative estimate of drug-likeness (QED) is 0.0211. The normalized spacial score (nSPS) is 13.1. The Labute approximate surface area is 440 Å². The largest absolute Gasteiger partial charge is 0.481 e. The van der Waals surface area contributed by atoms with Gasteiger partial charge >= 0.3 is 17.9 Å². The molecular formula is C46H81IN8O18. The number of ether oxygens (including phenoxy) is 4. The first kappa shape index (κ1) is 68.2. The molecule has 0 aliphatic carbocycles. The third-order valence-corrected chi connectivity index (χ3v) is 11.5. The van der Waals surface area contributed by atoms with Crippen LogP contribution in [0.5, 0.6) is 0 Å². The van der Waals surface area contributed by atoms with E-state index in [1.807, 2.05) is 22.9 Å². The molecule has 73 heavy (non-hydrogen) atoms. The van der Waals surface area contributed by atoms with Crippen LogP contribution in [0.4, 0.5) is 0 Å². The van der Waals surface area contributed by atoms with Crippen molar-refractivity contribution < 1.29 is 87.3 Å². The Kier molecular flexibility index (Phi) is 41.7. The summed E-state index contributed by atoms with van der Waals surface area (Å²) >= 11 is 1.82. The van der Waals surface area contributed by atoms with E-state index in [0.717, 1.165) is 51.4 Å². The van der Waals surface area contributed by atoms with E-state index in [1.165, 1.54) is 6.92 Å². The number of carbonyl (C=O) groups excluding carboxylic acids is 7. The number of nitrogens with two attached hydrogens (primary N) is 1. The summed E-state index contributed by atoms with van der Waals surface area (Å²) in [6, 6.07) is -4.58. The monoisotopic (exact) mass is 1160 g/mol. The minimum absolute atomic E-state index is 0.0898. The standard InChI is InChI=1S/C46H81IN8O18/c1-32(56)42(43(48)64)54-44(65)33(55-47)14-12-13-21-49-39(60)30-72-28-27-71-25-23-51-40(61)31-73-29-26-70-24-22-50-36(57)19-17-34(45(66)67)53-38(59)20-18-35(46(68)69)52-37(58)15-10-8-6-4-2-3-5-7-9-11-16-41(62)63/h32-35,42,55-56H,2-31H2,1H3,(H2,48,64)(H,49,60)(H,50,57)(H,51,61)(H,52,58)(H,53,59)(H,54,65)(H,62,63)(H,66,67)(H,68,69). The second-order valence-corrected chi connectivity index (χ2v) is 17.7. The van der Waals surface area contributed by atoms with E-state index in [0.29, 0.717) is 38.6 Å². The summed E-state index contributed by atoms with van der Waals surface area (Å²) < 4.78 is 24.1. The molecule has 0 aromatic rings. The summed E-state index contributed by atoms with van der Waals surface area (Å²) in [6.07, 6.45) is 8.77. The summed E-state index contributed by atoms with van der Waals surface area (Å²) in [5.74, 6) is -7.21. The maximum atomic E-state index is 12.5. The molecular weight excluding hydrogens is 1080 g/mol. The number of carboxylic acids is 3. The van der Waals surface area contributed by atoms with Crippen molar-refractivity contribution in [1.29, 1.82) is 0 Å². The van der Waals surface area contributed by atoms with Crippen LogP contribution >= 0.6 is 22.9 Å². The van der Waals surface area contributed by atoms with Crippen molar-refractivity contribution in [2.75, 3.05) is 72.5 Å². The second-order valence-electron chi connectivity index (χ2n) is 17.1. The van der Waals surface area contributed by atoms with Crippen LogP contribution in [0.2, 0.25) is 0 Å². The first-order chi connectivity index (χ1) is 34.9. The SMILES string of the molecule is CC(O)C(NC(=O)C(CCCCNC(=O)COCCOCCNC(=O)COCCOCCNC(=O)CCC(NC(=O)CCC(NC(=O)CCCCCCCCCCCCC(=O)O)C(=O)O)C(=O)O)NI)C(N)=O. The molecule has 0 saturated heterocycles. The molecule has 0 bridgehead atoms. The summed E-state index contributed by atoms with van der Waals surface area (Å²) in [7, 11) is 0. The van der Waals surface area contributed by atoms with Gasteiger partial charge in [0.1, 0.15) is 31.3 Å². The Morgan fingerprint density at radius 3 is 1.34 bits per heavy atom. The predicted octanol–water partition coefficient (Wildman–Crippen LogP) is -0.304. The molecule has 0 rings (SSSR count). The molecule has 0 saturated carbocycles. The molecule has 0 heterocycles. The second kappa shape index (κ2) is 44.7. The highest BCUT2D eigenvalue weighted by atomic mass is 127. The minimum Gasteiger partial charge on any atom is -0.481 e. The van der Waals surface area contributed by atoms with Gasteiger partial charge in [0.05, 0.1) is 51.8 Å². The van der Waals surface area contributed by atoms with Gasteiger partial charge in [-0.25, -0.2) is 13.1 Å². The topological polar surface area (TPSA) is 399 Å². The lowest BCUT2D eigenvalue weighted by Gasteiger charge is -2.21. The molecule has 5 unspecified atom stereocenters. The number of carboxylic acid groups (broad SMARTS) is 3. The van der Waals surface area contributed by atoms with Crippen molar-refractivity contribution in [3.05, 3.63) is 0 Å². The van der Waals surface area contributed by atoms with Crippen LogP contribution < -0.4 is 41.2 Å². The van der Waals surface area contributed by atoms with Crippen LogP contribution in [0.3, 0.4) is 0 Å². The van der Waals surface area contributed by atoms with Gasteiger partial charge in [0.15, 0.2) is 0 Å². The number of aliphatic hydroxyl groups is 1. The molecule has 0 aliphatic heterocycles. The molecule has 13 N–H and O–H groups in total. The Balaban J connectivity index is 3.97. The van der Waals surface area contributed by atoms with Gasteiger partial charge in [-0.1, -0.05) is 51.4 Å². The predicted molar refractivity (Wildman–Crippen MR) is 271 cm³/mol. The number of amides is 7. The van der Waals surface area contributed by atoms with Gasteiger partial charge in [0, 0.05) is 68.2 Å². The molecule has 0 aromatic heterocycles. The average molecular weight is 1160 g/mol. The lowest BCUT2D eigenvalue weighted by molar-refractivity contribution is -0.143. The Morgan fingerprint density at radius 1 is 0.466 bits per heavy atom. The number of aliphatic hydroxyl groups excluding tert-OH is 1. The molecule has 0 aromatic carbocycles.